The lowest BCUT2D eigenvalue weighted by Gasteiger charge is -2.29. The molecule has 1 aromatic carbocycles. The number of rotatable bonds is 12. The fourth-order valence-electron chi connectivity index (χ4n) is 4.10. The molecule has 34 heavy (non-hydrogen) atoms. The third kappa shape index (κ3) is 6.70. The lowest BCUT2D eigenvalue weighted by atomic mass is 10.1. The monoisotopic (exact) mass is 469 g/mol. The van der Waals surface area contributed by atoms with E-state index in [2.05, 4.69) is 28.8 Å². The number of anilines is 1. The predicted molar refractivity (Wildman–Crippen MR) is 129 cm³/mol. The van der Waals surface area contributed by atoms with E-state index in [-0.39, 0.29) is 0 Å². The zero-order chi connectivity index (χ0) is 23.8. The highest BCUT2D eigenvalue weighted by Gasteiger charge is 2.26. The third-order valence-corrected chi connectivity index (χ3v) is 5.68. The second-order valence-corrected chi connectivity index (χ2v) is 9.11. The van der Waals surface area contributed by atoms with Gasteiger partial charge in [-0.2, -0.15) is 0 Å². The zero-order valence-electron chi connectivity index (χ0n) is 20.1. The molecule has 0 spiro atoms. The molecular weight excluding hydrogens is 434 g/mol. The summed E-state index contributed by atoms with van der Waals surface area (Å²) in [6.45, 7) is 9.45. The molecule has 1 fully saturated rings. The van der Waals surface area contributed by atoms with Crippen LogP contribution in [0.1, 0.15) is 25.2 Å². The predicted octanol–water partition coefficient (Wildman–Crippen LogP) is 3.81. The van der Waals surface area contributed by atoms with Gasteiger partial charge in [0.15, 0.2) is 0 Å². The summed E-state index contributed by atoms with van der Waals surface area (Å²) in [6.07, 6.45) is 1.05. The van der Waals surface area contributed by atoms with Crippen LogP contribution in [0.25, 0.3) is 11.3 Å². The first-order chi connectivity index (χ1) is 16.6. The molecule has 3 aromatic rings. The molecule has 3 heterocycles. The molecule has 2 aromatic heterocycles. The third-order valence-electron chi connectivity index (χ3n) is 5.68. The highest BCUT2D eigenvalue weighted by atomic mass is 16.5. The number of nitrogens with zero attached hydrogens (tertiary/aromatic N) is 3. The fourth-order valence-corrected chi connectivity index (χ4v) is 4.10. The maximum Gasteiger partial charge on any atom is 0.232 e. The summed E-state index contributed by atoms with van der Waals surface area (Å²) in [6, 6.07) is 13.9. The molecule has 1 N–H and O–H groups in total. The van der Waals surface area contributed by atoms with Gasteiger partial charge in [-0.15, -0.1) is 0 Å². The largest absolute Gasteiger partial charge is 0.468 e. The molecule has 0 saturated carbocycles. The van der Waals surface area contributed by atoms with Gasteiger partial charge in [0.2, 0.25) is 5.88 Å². The molecule has 1 atom stereocenters. The van der Waals surface area contributed by atoms with Crippen LogP contribution >= 0.6 is 0 Å². The van der Waals surface area contributed by atoms with Crippen molar-refractivity contribution in [2.45, 2.75) is 33.0 Å². The Morgan fingerprint density at radius 3 is 2.56 bits per heavy atom. The fraction of sp³-hybridized carbons (Fsp3) is 0.500. The van der Waals surface area contributed by atoms with Crippen molar-refractivity contribution in [1.82, 2.24) is 10.1 Å². The van der Waals surface area contributed by atoms with E-state index < -0.39 is 6.10 Å². The molecule has 1 aliphatic heterocycles. The topological polar surface area (TPSA) is 84.3 Å². The summed E-state index contributed by atoms with van der Waals surface area (Å²) in [5.41, 5.74) is 2.81. The quantitative estimate of drug-likeness (QED) is 0.429. The standard InChI is InChI=1S/C26H35N3O5/c1-20(2)18-32-19-22(30)15-28(16-23-9-6-12-33-23)17-24-25(21-7-4-3-5-8-21)27-34-26(24)29-10-13-31-14-11-29/h3-9,12,20,22,30H,10-11,13-19H2,1-2H3. The first kappa shape index (κ1) is 24.5. The highest BCUT2D eigenvalue weighted by Crippen LogP contribution is 2.33. The number of aliphatic hydroxyl groups is 1. The van der Waals surface area contributed by atoms with Gasteiger partial charge in [-0.3, -0.25) is 4.90 Å². The van der Waals surface area contributed by atoms with Crippen LogP contribution in [0.5, 0.6) is 0 Å². The van der Waals surface area contributed by atoms with Crippen molar-refractivity contribution in [2.75, 3.05) is 51.0 Å². The van der Waals surface area contributed by atoms with Crippen LogP contribution in [0.15, 0.2) is 57.7 Å². The Labute approximate surface area is 201 Å². The molecule has 8 heteroatoms. The van der Waals surface area contributed by atoms with Crippen LogP contribution in [0.2, 0.25) is 0 Å². The first-order valence-electron chi connectivity index (χ1n) is 12.0. The SMILES string of the molecule is CC(C)COCC(O)CN(Cc1ccco1)Cc1c(-c2ccccc2)noc1N1CCOCC1. The van der Waals surface area contributed by atoms with E-state index in [1.807, 2.05) is 42.5 Å². The second-order valence-electron chi connectivity index (χ2n) is 9.11. The zero-order valence-corrected chi connectivity index (χ0v) is 20.1. The van der Waals surface area contributed by atoms with Crippen molar-refractivity contribution in [3.05, 3.63) is 60.1 Å². The Hall–Kier alpha value is -2.65. The van der Waals surface area contributed by atoms with Gasteiger partial charge < -0.3 is 28.4 Å². The van der Waals surface area contributed by atoms with Crippen molar-refractivity contribution >= 4 is 5.88 Å². The minimum atomic E-state index is -0.624. The minimum Gasteiger partial charge on any atom is -0.468 e. The summed E-state index contributed by atoms with van der Waals surface area (Å²) in [5.74, 6) is 2.02. The van der Waals surface area contributed by atoms with Crippen molar-refractivity contribution in [1.29, 1.82) is 0 Å². The number of benzene rings is 1. The van der Waals surface area contributed by atoms with Gasteiger partial charge in [0, 0.05) is 38.3 Å². The molecule has 4 rings (SSSR count). The maximum atomic E-state index is 10.7. The Morgan fingerprint density at radius 1 is 1.06 bits per heavy atom. The Kier molecular flexibility index (Phi) is 8.76. The van der Waals surface area contributed by atoms with Crippen molar-refractivity contribution in [2.24, 2.45) is 5.92 Å². The average molecular weight is 470 g/mol. The van der Waals surface area contributed by atoms with E-state index in [1.54, 1.807) is 6.26 Å². The van der Waals surface area contributed by atoms with Gasteiger partial charge in [-0.25, -0.2) is 0 Å². The van der Waals surface area contributed by atoms with Crippen molar-refractivity contribution < 1.29 is 23.5 Å². The normalized spacial score (nSPS) is 15.4. The molecule has 0 radical (unpaired) electrons. The maximum absolute atomic E-state index is 10.7. The number of ether oxygens (including phenoxy) is 2. The van der Waals surface area contributed by atoms with E-state index in [0.29, 0.717) is 52.0 Å². The van der Waals surface area contributed by atoms with E-state index >= 15 is 0 Å². The van der Waals surface area contributed by atoms with Gasteiger partial charge >= 0.3 is 0 Å². The number of morpholine rings is 1. The van der Waals surface area contributed by atoms with E-state index in [1.165, 1.54) is 0 Å². The van der Waals surface area contributed by atoms with Crippen LogP contribution in [0, 0.1) is 5.92 Å². The molecule has 184 valence electrons. The van der Waals surface area contributed by atoms with Gasteiger partial charge in [-0.05, 0) is 18.1 Å². The number of furan rings is 1. The molecular formula is C26H35N3O5. The first-order valence-corrected chi connectivity index (χ1v) is 12.0. The second kappa shape index (κ2) is 12.2. The van der Waals surface area contributed by atoms with Crippen molar-refractivity contribution in [3.63, 3.8) is 0 Å². The summed E-state index contributed by atoms with van der Waals surface area (Å²) < 4.78 is 22.7. The van der Waals surface area contributed by atoms with Gasteiger partial charge in [0.25, 0.3) is 0 Å². The van der Waals surface area contributed by atoms with Crippen LogP contribution in [0.4, 0.5) is 5.88 Å². The molecule has 0 bridgehead atoms. The van der Waals surface area contributed by atoms with Crippen LogP contribution < -0.4 is 4.90 Å². The Morgan fingerprint density at radius 2 is 1.85 bits per heavy atom. The van der Waals surface area contributed by atoms with Crippen LogP contribution in [-0.2, 0) is 22.6 Å². The minimum absolute atomic E-state index is 0.290. The summed E-state index contributed by atoms with van der Waals surface area (Å²) in [5, 5.41) is 15.2. The van der Waals surface area contributed by atoms with Gasteiger partial charge in [0.05, 0.1) is 44.3 Å². The lowest BCUT2D eigenvalue weighted by molar-refractivity contribution is 0.00461. The smallest absolute Gasteiger partial charge is 0.232 e. The summed E-state index contributed by atoms with van der Waals surface area (Å²) in [4.78, 5) is 4.34. The molecule has 8 nitrogen and oxygen atoms in total. The molecule has 1 saturated heterocycles. The summed E-state index contributed by atoms with van der Waals surface area (Å²) in [7, 11) is 0. The van der Waals surface area contributed by atoms with Gasteiger partial charge in [0.1, 0.15) is 11.5 Å². The van der Waals surface area contributed by atoms with E-state index in [0.717, 1.165) is 41.6 Å². The van der Waals surface area contributed by atoms with Crippen LogP contribution in [0.3, 0.4) is 0 Å². The molecule has 0 aliphatic carbocycles. The van der Waals surface area contributed by atoms with Crippen LogP contribution in [-0.4, -0.2) is 67.3 Å². The number of aliphatic hydroxyl groups excluding tert-OH is 1. The number of hydrogen-bond donors (Lipinski definition) is 1. The summed E-state index contributed by atoms with van der Waals surface area (Å²) >= 11 is 0. The van der Waals surface area contributed by atoms with Gasteiger partial charge in [-0.1, -0.05) is 49.3 Å². The molecule has 1 aliphatic rings. The van der Waals surface area contributed by atoms with Crippen molar-refractivity contribution in [3.8, 4) is 11.3 Å². The Bertz CT molecular complexity index is 968. The Balaban J connectivity index is 1.58. The van der Waals surface area contributed by atoms with E-state index in [9.17, 15) is 5.11 Å². The average Bonchev–Trinajstić information content (AvgIpc) is 3.50. The number of aromatic nitrogens is 1. The molecule has 1 unspecified atom stereocenters. The number of hydrogen-bond acceptors (Lipinski definition) is 8. The lowest BCUT2D eigenvalue weighted by Crippen LogP contribution is -2.38. The van der Waals surface area contributed by atoms with E-state index in [4.69, 9.17) is 18.4 Å². The highest BCUT2D eigenvalue weighted by molar-refractivity contribution is 5.68. The molecule has 0 amide bonds.